The van der Waals surface area contributed by atoms with Crippen molar-refractivity contribution in [3.05, 3.63) is 26.8 Å². The van der Waals surface area contributed by atoms with Gasteiger partial charge < -0.3 is 9.64 Å². The average Bonchev–Trinajstić information content (AvgIpc) is 2.97. The molecule has 3 heterocycles. The Morgan fingerprint density at radius 3 is 2.71 bits per heavy atom. The van der Waals surface area contributed by atoms with E-state index in [0.29, 0.717) is 4.91 Å². The standard InChI is InChI=1S/C15H18N2O2S2/c1-9-4-5-20-12(9)6-13-14(18)16-15(21-13)17-7-10(2)19-11(3)8-17/h4-6,10-11H,7-8H2,1-3H3/b13-6-/t10-,11+. The van der Waals surface area contributed by atoms with Crippen molar-refractivity contribution < 1.29 is 9.53 Å². The van der Waals surface area contributed by atoms with Crippen LogP contribution in [-0.2, 0) is 9.53 Å². The molecule has 0 N–H and O–H groups in total. The third kappa shape index (κ3) is 3.22. The smallest absolute Gasteiger partial charge is 0.286 e. The van der Waals surface area contributed by atoms with Crippen molar-refractivity contribution in [3.8, 4) is 0 Å². The normalized spacial score (nSPS) is 28.3. The van der Waals surface area contributed by atoms with Gasteiger partial charge in [-0.25, -0.2) is 0 Å². The van der Waals surface area contributed by atoms with Crippen LogP contribution in [0.2, 0.25) is 0 Å². The van der Waals surface area contributed by atoms with Crippen molar-refractivity contribution in [2.45, 2.75) is 33.0 Å². The second-order valence-corrected chi connectivity index (χ2v) is 7.40. The number of nitrogens with zero attached hydrogens (tertiary/aromatic N) is 2. The van der Waals surface area contributed by atoms with Gasteiger partial charge in [0.05, 0.1) is 17.1 Å². The molecule has 6 heteroatoms. The zero-order chi connectivity index (χ0) is 15.0. The summed E-state index contributed by atoms with van der Waals surface area (Å²) in [5, 5.41) is 2.85. The number of morpholine rings is 1. The molecule has 2 aliphatic heterocycles. The lowest BCUT2D eigenvalue weighted by Crippen LogP contribution is -2.47. The van der Waals surface area contributed by atoms with Crippen LogP contribution in [0.25, 0.3) is 6.08 Å². The molecule has 0 radical (unpaired) electrons. The quantitative estimate of drug-likeness (QED) is 0.745. The molecular weight excluding hydrogens is 304 g/mol. The molecule has 112 valence electrons. The molecule has 0 bridgehead atoms. The van der Waals surface area contributed by atoms with Gasteiger partial charge in [0.1, 0.15) is 0 Å². The Balaban J connectivity index is 1.76. The van der Waals surface area contributed by atoms with E-state index in [1.807, 2.05) is 11.5 Å². The molecule has 1 aromatic rings. The predicted molar refractivity (Wildman–Crippen MR) is 88.6 cm³/mol. The number of carbonyl (C=O) groups excluding carboxylic acids is 1. The number of ether oxygens (including phenoxy) is 1. The highest BCUT2D eigenvalue weighted by Gasteiger charge is 2.31. The van der Waals surface area contributed by atoms with Crippen molar-refractivity contribution >= 4 is 40.2 Å². The predicted octanol–water partition coefficient (Wildman–Crippen LogP) is 3.14. The Kier molecular flexibility index (Phi) is 4.19. The minimum absolute atomic E-state index is 0.130. The summed E-state index contributed by atoms with van der Waals surface area (Å²) in [6, 6.07) is 2.06. The van der Waals surface area contributed by atoms with Crippen LogP contribution in [0.3, 0.4) is 0 Å². The number of thiophene rings is 1. The molecule has 21 heavy (non-hydrogen) atoms. The largest absolute Gasteiger partial charge is 0.372 e. The van der Waals surface area contributed by atoms with Gasteiger partial charge >= 0.3 is 0 Å². The third-order valence-corrected chi connectivity index (χ3v) is 5.47. The molecule has 1 amide bonds. The first-order chi connectivity index (χ1) is 10.0. The highest BCUT2D eigenvalue weighted by atomic mass is 32.2. The molecule has 1 aromatic heterocycles. The van der Waals surface area contributed by atoms with Gasteiger partial charge in [0.25, 0.3) is 5.91 Å². The monoisotopic (exact) mass is 322 g/mol. The van der Waals surface area contributed by atoms with Gasteiger partial charge in [-0.1, -0.05) is 0 Å². The summed E-state index contributed by atoms with van der Waals surface area (Å²) in [6.07, 6.45) is 2.29. The summed E-state index contributed by atoms with van der Waals surface area (Å²) in [5.41, 5.74) is 1.20. The minimum Gasteiger partial charge on any atom is -0.372 e. The molecule has 0 spiro atoms. The van der Waals surface area contributed by atoms with Crippen LogP contribution < -0.4 is 0 Å². The van der Waals surface area contributed by atoms with Gasteiger partial charge in [-0.15, -0.1) is 11.3 Å². The van der Waals surface area contributed by atoms with Gasteiger partial charge in [-0.3, -0.25) is 4.79 Å². The van der Waals surface area contributed by atoms with Gasteiger partial charge in [0.15, 0.2) is 5.17 Å². The first kappa shape index (κ1) is 14.8. The molecule has 3 rings (SSSR count). The number of hydrogen-bond acceptors (Lipinski definition) is 5. The van der Waals surface area contributed by atoms with Crippen LogP contribution in [0.1, 0.15) is 24.3 Å². The minimum atomic E-state index is -0.130. The average molecular weight is 322 g/mol. The van der Waals surface area contributed by atoms with E-state index >= 15 is 0 Å². The maximum absolute atomic E-state index is 12.1. The molecule has 1 fully saturated rings. The number of amides is 1. The van der Waals surface area contributed by atoms with Crippen molar-refractivity contribution in [2.24, 2.45) is 4.99 Å². The summed E-state index contributed by atoms with van der Waals surface area (Å²) in [7, 11) is 0. The van der Waals surface area contributed by atoms with E-state index < -0.39 is 0 Å². The fourth-order valence-electron chi connectivity index (χ4n) is 2.52. The summed E-state index contributed by atoms with van der Waals surface area (Å²) in [5.74, 6) is -0.130. The fraction of sp³-hybridized carbons (Fsp3) is 0.467. The van der Waals surface area contributed by atoms with Gasteiger partial charge in [-0.2, -0.15) is 4.99 Å². The van der Waals surface area contributed by atoms with E-state index in [1.54, 1.807) is 11.3 Å². The highest BCUT2D eigenvalue weighted by molar-refractivity contribution is 8.18. The maximum atomic E-state index is 12.1. The van der Waals surface area contributed by atoms with Crippen LogP contribution >= 0.6 is 23.1 Å². The van der Waals surface area contributed by atoms with E-state index in [2.05, 4.69) is 36.7 Å². The van der Waals surface area contributed by atoms with Crippen LogP contribution in [0.5, 0.6) is 0 Å². The number of thioether (sulfide) groups is 1. The Morgan fingerprint density at radius 2 is 2.10 bits per heavy atom. The summed E-state index contributed by atoms with van der Waals surface area (Å²) >= 11 is 3.12. The van der Waals surface area contributed by atoms with Crippen LogP contribution in [0.4, 0.5) is 0 Å². The summed E-state index contributed by atoms with van der Waals surface area (Å²) < 4.78 is 5.73. The Hall–Kier alpha value is -1.11. The highest BCUT2D eigenvalue weighted by Crippen LogP contribution is 2.33. The van der Waals surface area contributed by atoms with Gasteiger partial charge in [-0.05, 0) is 55.6 Å². The Bertz CT molecular complexity index is 611. The summed E-state index contributed by atoms with van der Waals surface area (Å²) in [4.78, 5) is 20.3. The van der Waals surface area contributed by atoms with Crippen molar-refractivity contribution in [1.82, 2.24) is 4.90 Å². The first-order valence-electron chi connectivity index (χ1n) is 7.00. The van der Waals surface area contributed by atoms with Crippen molar-refractivity contribution in [2.75, 3.05) is 13.1 Å². The molecule has 0 aliphatic carbocycles. The maximum Gasteiger partial charge on any atom is 0.286 e. The van der Waals surface area contributed by atoms with Crippen LogP contribution in [-0.4, -0.2) is 41.3 Å². The molecule has 0 unspecified atom stereocenters. The number of carbonyl (C=O) groups is 1. The Morgan fingerprint density at radius 1 is 1.38 bits per heavy atom. The summed E-state index contributed by atoms with van der Waals surface area (Å²) in [6.45, 7) is 7.73. The molecule has 2 atom stereocenters. The van der Waals surface area contributed by atoms with E-state index in [9.17, 15) is 4.79 Å². The first-order valence-corrected chi connectivity index (χ1v) is 8.69. The fourth-order valence-corrected chi connectivity index (χ4v) is 4.37. The van der Waals surface area contributed by atoms with Crippen molar-refractivity contribution in [3.63, 3.8) is 0 Å². The molecule has 1 saturated heterocycles. The van der Waals surface area contributed by atoms with E-state index in [-0.39, 0.29) is 18.1 Å². The lowest BCUT2D eigenvalue weighted by molar-refractivity contribution is -0.113. The number of amidine groups is 1. The second-order valence-electron chi connectivity index (χ2n) is 5.44. The number of rotatable bonds is 1. The van der Waals surface area contributed by atoms with Gasteiger partial charge in [0, 0.05) is 18.0 Å². The van der Waals surface area contributed by atoms with E-state index in [4.69, 9.17) is 4.74 Å². The lowest BCUT2D eigenvalue weighted by atomic mass is 10.2. The van der Waals surface area contributed by atoms with Crippen molar-refractivity contribution in [1.29, 1.82) is 0 Å². The SMILES string of the molecule is Cc1ccsc1/C=C1\SC(N2C[C@@H](C)O[C@@H](C)C2)=NC1=O. The zero-order valence-corrected chi connectivity index (χ0v) is 14.0. The molecule has 2 aliphatic rings. The van der Waals surface area contributed by atoms with Crippen LogP contribution in [0, 0.1) is 6.92 Å². The Labute approximate surface area is 132 Å². The second kappa shape index (κ2) is 5.94. The molecule has 0 aromatic carbocycles. The molecule has 0 saturated carbocycles. The van der Waals surface area contributed by atoms with E-state index in [0.717, 1.165) is 23.1 Å². The van der Waals surface area contributed by atoms with Crippen LogP contribution in [0.15, 0.2) is 21.3 Å². The van der Waals surface area contributed by atoms with Gasteiger partial charge in [0.2, 0.25) is 0 Å². The third-order valence-electron chi connectivity index (χ3n) is 3.46. The molecule has 4 nitrogen and oxygen atoms in total. The number of aryl methyl sites for hydroxylation is 1. The zero-order valence-electron chi connectivity index (χ0n) is 12.3. The topological polar surface area (TPSA) is 41.9 Å². The van der Waals surface area contributed by atoms with E-state index in [1.165, 1.54) is 17.3 Å². The number of aliphatic imine (C=N–C) groups is 1. The molecular formula is C15H18N2O2S2. The number of hydrogen-bond donors (Lipinski definition) is 0. The lowest BCUT2D eigenvalue weighted by Gasteiger charge is -2.35.